The van der Waals surface area contributed by atoms with Crippen LogP contribution in [0.4, 0.5) is 0 Å². The number of hydrogen-bond acceptors (Lipinski definition) is 4. The van der Waals surface area contributed by atoms with Crippen LogP contribution < -0.4 is 5.73 Å². The first kappa shape index (κ1) is 12.8. The van der Waals surface area contributed by atoms with E-state index in [1.54, 1.807) is 12.1 Å². The molecule has 8 heteroatoms. The fourth-order valence-electron chi connectivity index (χ4n) is 1.37. The third-order valence-electron chi connectivity index (χ3n) is 2.13. The van der Waals surface area contributed by atoms with Crippen LogP contribution in [0.3, 0.4) is 0 Å². The van der Waals surface area contributed by atoms with Gasteiger partial charge in [0.2, 0.25) is 5.91 Å². The average molecular weight is 286 g/mol. The highest BCUT2D eigenvalue weighted by atomic mass is 35.5. The molecule has 0 unspecified atom stereocenters. The van der Waals surface area contributed by atoms with E-state index in [1.165, 1.54) is 4.80 Å². The summed E-state index contributed by atoms with van der Waals surface area (Å²) < 4.78 is 0. The molecule has 18 heavy (non-hydrogen) atoms. The minimum atomic E-state index is -0.496. The molecule has 1 heterocycles. The molecule has 2 aromatic rings. The Morgan fingerprint density at radius 1 is 1.33 bits per heavy atom. The third kappa shape index (κ3) is 3.18. The number of tetrazole rings is 1. The van der Waals surface area contributed by atoms with Crippen molar-refractivity contribution < 1.29 is 4.79 Å². The molecule has 0 atom stereocenters. The maximum Gasteiger partial charge on any atom is 0.225 e. The van der Waals surface area contributed by atoms with Crippen molar-refractivity contribution in [2.75, 3.05) is 0 Å². The van der Waals surface area contributed by atoms with Crippen molar-refractivity contribution in [1.29, 1.82) is 0 Å². The molecule has 0 fully saturated rings. The number of nitrogens with zero attached hydrogens (tertiary/aromatic N) is 4. The van der Waals surface area contributed by atoms with Crippen LogP contribution in [0.2, 0.25) is 10.0 Å². The molecular formula is C10H9Cl2N5O. The van der Waals surface area contributed by atoms with Crippen molar-refractivity contribution in [2.24, 2.45) is 5.73 Å². The molecule has 0 aliphatic carbocycles. The van der Waals surface area contributed by atoms with Crippen LogP contribution in [0, 0.1) is 0 Å². The van der Waals surface area contributed by atoms with Gasteiger partial charge in [0.25, 0.3) is 0 Å². The van der Waals surface area contributed by atoms with Gasteiger partial charge < -0.3 is 5.73 Å². The van der Waals surface area contributed by atoms with Gasteiger partial charge in [0.15, 0.2) is 5.82 Å². The Balaban J connectivity index is 2.11. The minimum absolute atomic E-state index is 0.0264. The van der Waals surface area contributed by atoms with Gasteiger partial charge in [0.05, 0.1) is 23.0 Å². The van der Waals surface area contributed by atoms with Crippen molar-refractivity contribution in [1.82, 2.24) is 20.2 Å². The highest BCUT2D eigenvalue weighted by molar-refractivity contribution is 6.42. The first-order chi connectivity index (χ1) is 8.54. The van der Waals surface area contributed by atoms with Crippen LogP contribution in [-0.2, 0) is 17.8 Å². The number of primary amides is 1. The summed E-state index contributed by atoms with van der Waals surface area (Å²) in [6.45, 7) is 0.392. The van der Waals surface area contributed by atoms with Crippen LogP contribution in [0.1, 0.15) is 11.4 Å². The van der Waals surface area contributed by atoms with Gasteiger partial charge in [-0.3, -0.25) is 4.79 Å². The van der Waals surface area contributed by atoms with Gasteiger partial charge in [-0.1, -0.05) is 29.3 Å². The molecular weight excluding hydrogens is 277 g/mol. The van der Waals surface area contributed by atoms with Crippen molar-refractivity contribution in [3.05, 3.63) is 39.6 Å². The van der Waals surface area contributed by atoms with Gasteiger partial charge in [-0.15, -0.1) is 10.2 Å². The standard InChI is InChI=1S/C10H9Cl2N5O/c11-7-2-1-6(3-8(7)12)5-17-15-10(14-16-17)4-9(13)18/h1-3H,4-5H2,(H2,13,18). The molecule has 0 spiro atoms. The Morgan fingerprint density at radius 3 is 2.78 bits per heavy atom. The summed E-state index contributed by atoms with van der Waals surface area (Å²) in [4.78, 5) is 12.1. The van der Waals surface area contributed by atoms with E-state index >= 15 is 0 Å². The fraction of sp³-hybridized carbons (Fsp3) is 0.200. The van der Waals surface area contributed by atoms with E-state index in [4.69, 9.17) is 28.9 Å². The number of hydrogen-bond donors (Lipinski definition) is 1. The first-order valence-electron chi connectivity index (χ1n) is 5.03. The summed E-state index contributed by atoms with van der Waals surface area (Å²) in [5, 5.41) is 12.5. The molecule has 1 aromatic heterocycles. The summed E-state index contributed by atoms with van der Waals surface area (Å²) in [5.74, 6) is -0.202. The van der Waals surface area contributed by atoms with E-state index in [1.807, 2.05) is 6.07 Å². The maximum atomic E-state index is 10.7. The van der Waals surface area contributed by atoms with Gasteiger partial charge in [-0.05, 0) is 22.9 Å². The van der Waals surface area contributed by atoms with Crippen LogP contribution in [0.25, 0.3) is 0 Å². The van der Waals surface area contributed by atoms with E-state index in [2.05, 4.69) is 15.4 Å². The average Bonchev–Trinajstić information content (AvgIpc) is 2.70. The zero-order valence-corrected chi connectivity index (χ0v) is 10.7. The normalized spacial score (nSPS) is 10.6. The van der Waals surface area contributed by atoms with Gasteiger partial charge in [-0.25, -0.2) is 0 Å². The number of carbonyl (C=O) groups excluding carboxylic acids is 1. The molecule has 94 valence electrons. The molecule has 2 rings (SSSR count). The molecule has 2 N–H and O–H groups in total. The van der Waals surface area contributed by atoms with Crippen molar-refractivity contribution in [3.63, 3.8) is 0 Å². The van der Waals surface area contributed by atoms with Gasteiger partial charge in [0, 0.05) is 0 Å². The summed E-state index contributed by atoms with van der Waals surface area (Å²) in [6, 6.07) is 5.23. The molecule has 1 aromatic carbocycles. The Kier molecular flexibility index (Phi) is 3.78. The number of nitrogens with two attached hydrogens (primary N) is 1. The highest BCUT2D eigenvalue weighted by Crippen LogP contribution is 2.22. The highest BCUT2D eigenvalue weighted by Gasteiger charge is 2.07. The largest absolute Gasteiger partial charge is 0.369 e. The fourth-order valence-corrected chi connectivity index (χ4v) is 1.69. The number of amides is 1. The molecule has 0 saturated carbocycles. The van der Waals surface area contributed by atoms with Crippen LogP contribution in [0.5, 0.6) is 0 Å². The number of benzene rings is 1. The van der Waals surface area contributed by atoms with Crippen LogP contribution in [-0.4, -0.2) is 26.1 Å². The lowest BCUT2D eigenvalue weighted by Gasteiger charge is -2.01. The van der Waals surface area contributed by atoms with Crippen LogP contribution in [0.15, 0.2) is 18.2 Å². The second-order valence-corrected chi connectivity index (χ2v) is 4.44. The summed E-state index contributed by atoms with van der Waals surface area (Å²) in [5.41, 5.74) is 5.92. The smallest absolute Gasteiger partial charge is 0.225 e. The van der Waals surface area contributed by atoms with Crippen molar-refractivity contribution in [3.8, 4) is 0 Å². The lowest BCUT2D eigenvalue weighted by Crippen LogP contribution is -2.15. The SMILES string of the molecule is NC(=O)Cc1nnn(Cc2ccc(Cl)c(Cl)c2)n1. The predicted octanol–water partition coefficient (Wildman–Crippen LogP) is 1.06. The van der Waals surface area contributed by atoms with Crippen LogP contribution >= 0.6 is 23.2 Å². The number of rotatable bonds is 4. The van der Waals surface area contributed by atoms with Gasteiger partial charge in [0.1, 0.15) is 0 Å². The van der Waals surface area contributed by atoms with E-state index in [9.17, 15) is 4.79 Å². The van der Waals surface area contributed by atoms with Gasteiger partial charge >= 0.3 is 0 Å². The molecule has 0 aliphatic rings. The van der Waals surface area contributed by atoms with Gasteiger partial charge in [-0.2, -0.15) is 4.80 Å². The quantitative estimate of drug-likeness (QED) is 0.910. The Hall–Kier alpha value is -1.66. The lowest BCUT2D eigenvalue weighted by atomic mass is 10.2. The monoisotopic (exact) mass is 285 g/mol. The lowest BCUT2D eigenvalue weighted by molar-refractivity contribution is -0.117. The summed E-state index contributed by atoms with van der Waals surface area (Å²) in [6.07, 6.45) is -0.0264. The molecule has 0 saturated heterocycles. The minimum Gasteiger partial charge on any atom is -0.369 e. The zero-order valence-electron chi connectivity index (χ0n) is 9.18. The predicted molar refractivity (Wildman–Crippen MR) is 66.3 cm³/mol. The topological polar surface area (TPSA) is 86.7 Å². The van der Waals surface area contributed by atoms with Crippen molar-refractivity contribution in [2.45, 2.75) is 13.0 Å². The number of halogens is 2. The van der Waals surface area contributed by atoms with E-state index in [-0.39, 0.29) is 6.42 Å². The molecule has 1 amide bonds. The first-order valence-corrected chi connectivity index (χ1v) is 5.79. The Labute approximate surface area is 113 Å². The molecule has 0 aliphatic heterocycles. The maximum absolute atomic E-state index is 10.7. The summed E-state index contributed by atoms with van der Waals surface area (Å²) in [7, 11) is 0. The number of carbonyl (C=O) groups is 1. The Bertz CT molecular complexity index is 583. The second kappa shape index (κ2) is 5.32. The van der Waals surface area contributed by atoms with Crippen molar-refractivity contribution >= 4 is 29.1 Å². The number of aromatic nitrogens is 4. The van der Waals surface area contributed by atoms with E-state index < -0.39 is 5.91 Å². The zero-order chi connectivity index (χ0) is 13.1. The summed E-state index contributed by atoms with van der Waals surface area (Å²) >= 11 is 11.7. The molecule has 6 nitrogen and oxygen atoms in total. The van der Waals surface area contributed by atoms with E-state index in [0.29, 0.717) is 22.4 Å². The van der Waals surface area contributed by atoms with E-state index in [0.717, 1.165) is 5.56 Å². The second-order valence-electron chi connectivity index (χ2n) is 3.63. The molecule has 0 bridgehead atoms. The third-order valence-corrected chi connectivity index (χ3v) is 2.87. The molecule has 0 radical (unpaired) electrons. The Morgan fingerprint density at radius 2 is 2.11 bits per heavy atom.